The van der Waals surface area contributed by atoms with Gasteiger partial charge in [-0.2, -0.15) is 0 Å². The highest BCUT2D eigenvalue weighted by molar-refractivity contribution is 5.55. The Morgan fingerprint density at radius 2 is 2.23 bits per heavy atom. The van der Waals surface area contributed by atoms with Gasteiger partial charge in [0.15, 0.2) is 0 Å². The first-order valence-corrected chi connectivity index (χ1v) is 4.79. The molecule has 0 unspecified atom stereocenters. The minimum absolute atomic E-state index is 1.000. The van der Waals surface area contributed by atoms with E-state index in [9.17, 15) is 0 Å². The number of rotatable bonds is 0. The molecule has 0 fully saturated rings. The molecule has 0 saturated carbocycles. The van der Waals surface area contributed by atoms with Crippen molar-refractivity contribution in [1.82, 2.24) is 5.32 Å². The average molecular weight is 176 g/mol. The Morgan fingerprint density at radius 3 is 3.08 bits per heavy atom. The van der Waals surface area contributed by atoms with E-state index in [4.69, 9.17) is 0 Å². The van der Waals surface area contributed by atoms with E-state index < -0.39 is 0 Å². The summed E-state index contributed by atoms with van der Waals surface area (Å²) in [5, 5.41) is 3.41. The molecule has 13 heavy (non-hydrogen) atoms. The van der Waals surface area contributed by atoms with Crippen LogP contribution in [-0.4, -0.2) is 20.1 Å². The van der Waals surface area contributed by atoms with Crippen LogP contribution >= 0.6 is 0 Å². The first-order valence-electron chi connectivity index (χ1n) is 4.79. The Hall–Kier alpha value is -1.02. The molecular weight excluding hydrogens is 160 g/mol. The minimum atomic E-state index is 1.000. The Morgan fingerprint density at radius 1 is 1.38 bits per heavy atom. The van der Waals surface area contributed by atoms with Crippen molar-refractivity contribution in [3.8, 4) is 0 Å². The summed E-state index contributed by atoms with van der Waals surface area (Å²) in [4.78, 5) is 2.32. The summed E-state index contributed by atoms with van der Waals surface area (Å²) in [7, 11) is 2.16. The molecule has 2 heteroatoms. The van der Waals surface area contributed by atoms with Gasteiger partial charge < -0.3 is 10.2 Å². The molecule has 1 aromatic rings. The molecule has 0 aliphatic carbocycles. The summed E-state index contributed by atoms with van der Waals surface area (Å²) in [5.41, 5.74) is 4.13. The van der Waals surface area contributed by atoms with Gasteiger partial charge in [0.2, 0.25) is 0 Å². The number of nitrogens with one attached hydrogen (secondary N) is 1. The van der Waals surface area contributed by atoms with Crippen molar-refractivity contribution in [1.29, 1.82) is 0 Å². The predicted molar refractivity (Wildman–Crippen MR) is 56.2 cm³/mol. The number of likely N-dealkylation sites (N-methyl/N-ethyl adjacent to an activating group) is 1. The number of hydrogen-bond acceptors (Lipinski definition) is 2. The molecule has 0 aromatic heterocycles. The number of nitrogens with zero attached hydrogens (tertiary/aromatic N) is 1. The van der Waals surface area contributed by atoms with Crippen LogP contribution in [0.1, 0.15) is 11.1 Å². The second kappa shape index (κ2) is 3.38. The molecule has 70 valence electrons. The normalized spacial score (nSPS) is 16.6. The zero-order chi connectivity index (χ0) is 9.26. The van der Waals surface area contributed by atoms with E-state index in [-0.39, 0.29) is 0 Å². The highest BCUT2D eigenvalue weighted by Crippen LogP contribution is 2.22. The summed E-state index contributed by atoms with van der Waals surface area (Å²) in [6.07, 6.45) is 0. The van der Waals surface area contributed by atoms with E-state index in [2.05, 4.69) is 42.4 Å². The summed E-state index contributed by atoms with van der Waals surface area (Å²) < 4.78 is 0. The van der Waals surface area contributed by atoms with Crippen LogP contribution < -0.4 is 10.2 Å². The van der Waals surface area contributed by atoms with Gasteiger partial charge in [0.05, 0.1) is 0 Å². The number of fused-ring (bicyclic) bond motifs is 1. The van der Waals surface area contributed by atoms with Gasteiger partial charge in [0.25, 0.3) is 0 Å². The van der Waals surface area contributed by atoms with Gasteiger partial charge in [0.1, 0.15) is 0 Å². The van der Waals surface area contributed by atoms with Crippen molar-refractivity contribution < 1.29 is 0 Å². The van der Waals surface area contributed by atoms with E-state index in [0.29, 0.717) is 0 Å². The lowest BCUT2D eigenvalue weighted by atomic mass is 10.1. The Kier molecular flexibility index (Phi) is 2.23. The molecule has 0 atom stereocenters. The highest BCUT2D eigenvalue weighted by atomic mass is 15.1. The smallest absolute Gasteiger partial charge is 0.0412 e. The maximum atomic E-state index is 3.41. The van der Waals surface area contributed by atoms with Crippen LogP contribution in [0.2, 0.25) is 0 Å². The van der Waals surface area contributed by atoms with Gasteiger partial charge in [0, 0.05) is 32.4 Å². The lowest BCUT2D eigenvalue weighted by Gasteiger charge is -2.19. The zero-order valence-corrected chi connectivity index (χ0v) is 8.30. The van der Waals surface area contributed by atoms with Gasteiger partial charge in [-0.15, -0.1) is 0 Å². The molecule has 0 radical (unpaired) electrons. The van der Waals surface area contributed by atoms with E-state index in [1.165, 1.54) is 16.8 Å². The summed E-state index contributed by atoms with van der Waals surface area (Å²) in [6.45, 7) is 5.31. The third-order valence-electron chi connectivity index (χ3n) is 2.59. The van der Waals surface area contributed by atoms with Crippen LogP contribution in [-0.2, 0) is 6.54 Å². The zero-order valence-electron chi connectivity index (χ0n) is 8.30. The van der Waals surface area contributed by atoms with E-state index >= 15 is 0 Å². The highest BCUT2D eigenvalue weighted by Gasteiger charge is 2.10. The van der Waals surface area contributed by atoms with Crippen molar-refractivity contribution in [2.75, 3.05) is 25.0 Å². The van der Waals surface area contributed by atoms with Crippen LogP contribution in [0.4, 0.5) is 5.69 Å². The maximum Gasteiger partial charge on any atom is 0.0412 e. The fourth-order valence-electron chi connectivity index (χ4n) is 1.77. The predicted octanol–water partition coefficient (Wildman–Crippen LogP) is 1.53. The molecule has 1 aliphatic heterocycles. The van der Waals surface area contributed by atoms with Crippen molar-refractivity contribution in [3.05, 3.63) is 29.3 Å². The van der Waals surface area contributed by atoms with Gasteiger partial charge in [-0.25, -0.2) is 0 Å². The van der Waals surface area contributed by atoms with Crippen LogP contribution in [0.3, 0.4) is 0 Å². The maximum absolute atomic E-state index is 3.41. The van der Waals surface area contributed by atoms with Crippen molar-refractivity contribution in [2.24, 2.45) is 0 Å². The second-order valence-corrected chi connectivity index (χ2v) is 3.73. The lowest BCUT2D eigenvalue weighted by molar-refractivity contribution is 0.707. The van der Waals surface area contributed by atoms with Crippen LogP contribution in [0.5, 0.6) is 0 Å². The number of hydrogen-bond donors (Lipinski definition) is 1. The summed E-state index contributed by atoms with van der Waals surface area (Å²) in [5.74, 6) is 0. The molecule has 2 rings (SSSR count). The Balaban J connectivity index is 2.43. The SMILES string of the molecule is Cc1ccc2c(c1)N(C)CCNC2. The van der Waals surface area contributed by atoms with Crippen LogP contribution in [0.15, 0.2) is 18.2 Å². The first-order chi connectivity index (χ1) is 6.27. The third kappa shape index (κ3) is 1.68. The molecule has 2 nitrogen and oxygen atoms in total. The van der Waals surface area contributed by atoms with Gasteiger partial charge >= 0.3 is 0 Å². The number of benzene rings is 1. The largest absolute Gasteiger partial charge is 0.373 e. The average Bonchev–Trinajstić information content (AvgIpc) is 2.29. The molecule has 1 aliphatic rings. The molecule has 0 bridgehead atoms. The van der Waals surface area contributed by atoms with Crippen molar-refractivity contribution in [3.63, 3.8) is 0 Å². The van der Waals surface area contributed by atoms with Crippen LogP contribution in [0.25, 0.3) is 0 Å². The number of anilines is 1. The minimum Gasteiger partial charge on any atom is -0.373 e. The summed E-state index contributed by atoms with van der Waals surface area (Å²) in [6, 6.07) is 6.67. The van der Waals surface area contributed by atoms with Crippen molar-refractivity contribution >= 4 is 5.69 Å². The molecule has 1 aromatic carbocycles. The van der Waals surface area contributed by atoms with Gasteiger partial charge in [-0.3, -0.25) is 0 Å². The van der Waals surface area contributed by atoms with Crippen molar-refractivity contribution in [2.45, 2.75) is 13.5 Å². The fraction of sp³-hybridized carbons (Fsp3) is 0.455. The van der Waals surface area contributed by atoms with E-state index in [1.54, 1.807) is 0 Å². The molecular formula is C11H16N2. The third-order valence-corrected chi connectivity index (χ3v) is 2.59. The van der Waals surface area contributed by atoms with Crippen LogP contribution in [0, 0.1) is 6.92 Å². The fourth-order valence-corrected chi connectivity index (χ4v) is 1.77. The number of aryl methyl sites for hydroxylation is 1. The Labute approximate surface area is 79.6 Å². The topological polar surface area (TPSA) is 15.3 Å². The van der Waals surface area contributed by atoms with E-state index in [1.807, 2.05) is 0 Å². The van der Waals surface area contributed by atoms with E-state index in [0.717, 1.165) is 19.6 Å². The molecule has 1 N–H and O–H groups in total. The summed E-state index contributed by atoms with van der Waals surface area (Å²) >= 11 is 0. The molecule has 0 amide bonds. The first kappa shape index (κ1) is 8.57. The van der Waals surface area contributed by atoms with Gasteiger partial charge in [-0.1, -0.05) is 12.1 Å². The van der Waals surface area contributed by atoms with Gasteiger partial charge in [-0.05, 0) is 24.1 Å². The lowest BCUT2D eigenvalue weighted by Crippen LogP contribution is -2.24. The molecule has 1 heterocycles. The second-order valence-electron chi connectivity index (χ2n) is 3.73. The standard InChI is InChI=1S/C11H16N2/c1-9-3-4-10-8-12-5-6-13(2)11(10)7-9/h3-4,7,12H,5-6,8H2,1-2H3. The monoisotopic (exact) mass is 176 g/mol. The Bertz CT molecular complexity index is 307. The quantitative estimate of drug-likeness (QED) is 0.645. The molecule has 0 spiro atoms. The molecule has 0 saturated heterocycles.